The molecule has 108 valence electrons. The zero-order valence-electron chi connectivity index (χ0n) is 11.0. The van der Waals surface area contributed by atoms with Crippen LogP contribution >= 0.6 is 11.6 Å². The number of benzene rings is 1. The second-order valence-electron chi connectivity index (χ2n) is 4.68. The van der Waals surface area contributed by atoms with Crippen molar-refractivity contribution in [3.8, 4) is 5.75 Å². The van der Waals surface area contributed by atoms with E-state index in [0.29, 0.717) is 18.1 Å². The summed E-state index contributed by atoms with van der Waals surface area (Å²) in [5.41, 5.74) is 0.000782. The molecule has 0 spiro atoms. The second-order valence-corrected chi connectivity index (χ2v) is 5.12. The number of nitrogens with zero attached hydrogens (tertiary/aromatic N) is 1. The molecular formula is C14H16ClNO4. The van der Waals surface area contributed by atoms with E-state index in [4.69, 9.17) is 16.3 Å². The van der Waals surface area contributed by atoms with Crippen LogP contribution < -0.4 is 0 Å². The molecule has 1 aliphatic rings. The number of carbonyl (C=O) groups excluding carboxylic acids is 2. The molecule has 20 heavy (non-hydrogen) atoms. The van der Waals surface area contributed by atoms with Crippen molar-refractivity contribution >= 4 is 23.5 Å². The molecule has 2 rings (SSSR count). The summed E-state index contributed by atoms with van der Waals surface area (Å²) in [6, 6.07) is 4.10. The molecule has 0 saturated carbocycles. The molecule has 5 nitrogen and oxygen atoms in total. The first-order valence-corrected chi connectivity index (χ1v) is 6.89. The Morgan fingerprint density at radius 1 is 1.25 bits per heavy atom. The molecule has 1 amide bonds. The molecule has 0 atom stereocenters. The van der Waals surface area contributed by atoms with Gasteiger partial charge in [-0.25, -0.2) is 4.79 Å². The van der Waals surface area contributed by atoms with Gasteiger partial charge in [0.1, 0.15) is 11.3 Å². The Bertz CT molecular complexity index is 512. The van der Waals surface area contributed by atoms with Crippen molar-refractivity contribution in [1.82, 2.24) is 4.90 Å². The molecular weight excluding hydrogens is 282 g/mol. The minimum Gasteiger partial charge on any atom is -0.507 e. The molecule has 1 heterocycles. The van der Waals surface area contributed by atoms with Crippen LogP contribution in [0.5, 0.6) is 5.75 Å². The van der Waals surface area contributed by atoms with E-state index in [1.54, 1.807) is 4.90 Å². The van der Waals surface area contributed by atoms with E-state index in [2.05, 4.69) is 0 Å². The van der Waals surface area contributed by atoms with Gasteiger partial charge in [-0.1, -0.05) is 11.6 Å². The van der Waals surface area contributed by atoms with Crippen LogP contribution in [0.4, 0.5) is 0 Å². The summed E-state index contributed by atoms with van der Waals surface area (Å²) in [5, 5.41) is 9.92. The second kappa shape index (κ2) is 6.61. The van der Waals surface area contributed by atoms with Crippen molar-refractivity contribution in [3.05, 3.63) is 28.8 Å². The molecule has 1 aromatic rings. The third-order valence-electron chi connectivity index (χ3n) is 3.22. The molecule has 0 aromatic heterocycles. The van der Waals surface area contributed by atoms with E-state index >= 15 is 0 Å². The Morgan fingerprint density at radius 3 is 2.60 bits per heavy atom. The van der Waals surface area contributed by atoms with E-state index in [0.717, 1.165) is 19.3 Å². The van der Waals surface area contributed by atoms with Crippen LogP contribution in [0, 0.1) is 0 Å². The van der Waals surface area contributed by atoms with Crippen LogP contribution in [-0.4, -0.2) is 41.6 Å². The average Bonchev–Trinajstić information content (AvgIpc) is 2.45. The number of piperidine rings is 1. The molecule has 6 heteroatoms. The molecule has 0 unspecified atom stereocenters. The minimum atomic E-state index is -0.732. The molecule has 0 radical (unpaired) electrons. The molecule has 1 N–H and O–H groups in total. The molecule has 1 fully saturated rings. The van der Waals surface area contributed by atoms with Gasteiger partial charge in [0.2, 0.25) is 0 Å². The first-order chi connectivity index (χ1) is 9.58. The number of phenolic OH excluding ortho intramolecular Hbond substituents is 1. The fourth-order valence-corrected chi connectivity index (χ4v) is 2.28. The van der Waals surface area contributed by atoms with E-state index in [1.807, 2.05) is 0 Å². The summed E-state index contributed by atoms with van der Waals surface area (Å²) in [7, 11) is 0. The Kier molecular flexibility index (Phi) is 4.84. The highest BCUT2D eigenvalue weighted by molar-refractivity contribution is 6.30. The predicted octanol–water partition coefficient (Wildman–Crippen LogP) is 2.21. The van der Waals surface area contributed by atoms with Gasteiger partial charge in [0, 0.05) is 18.1 Å². The molecule has 0 bridgehead atoms. The lowest BCUT2D eigenvalue weighted by molar-refractivity contribution is -0.135. The fourth-order valence-electron chi connectivity index (χ4n) is 2.12. The Labute approximate surface area is 122 Å². The highest BCUT2D eigenvalue weighted by atomic mass is 35.5. The number of likely N-dealkylation sites (tertiary alicyclic amines) is 1. The maximum atomic E-state index is 11.8. The largest absolute Gasteiger partial charge is 0.507 e. The van der Waals surface area contributed by atoms with E-state index < -0.39 is 5.97 Å². The Balaban J connectivity index is 1.89. The first-order valence-electron chi connectivity index (χ1n) is 6.51. The summed E-state index contributed by atoms with van der Waals surface area (Å²) >= 11 is 5.68. The first kappa shape index (κ1) is 14.7. The molecule has 0 aliphatic carbocycles. The normalized spacial score (nSPS) is 14.9. The molecule has 1 aliphatic heterocycles. The van der Waals surface area contributed by atoms with Crippen LogP contribution in [0.3, 0.4) is 0 Å². The van der Waals surface area contributed by atoms with Gasteiger partial charge in [-0.05, 0) is 37.5 Å². The average molecular weight is 298 g/mol. The monoisotopic (exact) mass is 297 g/mol. The predicted molar refractivity (Wildman–Crippen MR) is 73.8 cm³/mol. The van der Waals surface area contributed by atoms with Crippen molar-refractivity contribution in [2.75, 3.05) is 19.7 Å². The van der Waals surface area contributed by atoms with Gasteiger partial charge in [-0.15, -0.1) is 0 Å². The van der Waals surface area contributed by atoms with Gasteiger partial charge >= 0.3 is 5.97 Å². The third-order valence-corrected chi connectivity index (χ3v) is 3.45. The highest BCUT2D eigenvalue weighted by Gasteiger charge is 2.19. The van der Waals surface area contributed by atoms with Gasteiger partial charge in [0.05, 0.1) is 0 Å². The van der Waals surface area contributed by atoms with Gasteiger partial charge in [0.25, 0.3) is 5.91 Å². The smallest absolute Gasteiger partial charge is 0.342 e. The SMILES string of the molecule is O=C(OCC(=O)N1CCCCC1)c1ccc(Cl)cc1O. The lowest BCUT2D eigenvalue weighted by Crippen LogP contribution is -2.38. The van der Waals surface area contributed by atoms with Crippen molar-refractivity contribution < 1.29 is 19.4 Å². The lowest BCUT2D eigenvalue weighted by Gasteiger charge is -2.26. The van der Waals surface area contributed by atoms with Crippen LogP contribution in [0.15, 0.2) is 18.2 Å². The maximum absolute atomic E-state index is 11.8. The summed E-state index contributed by atoms with van der Waals surface area (Å²) in [6.07, 6.45) is 3.09. The summed E-state index contributed by atoms with van der Waals surface area (Å²) in [6.45, 7) is 1.12. The van der Waals surface area contributed by atoms with Crippen LogP contribution in [0.25, 0.3) is 0 Å². The number of ether oxygens (including phenoxy) is 1. The van der Waals surface area contributed by atoms with Gasteiger partial charge in [0.15, 0.2) is 6.61 Å². The number of amides is 1. The van der Waals surface area contributed by atoms with Gasteiger partial charge < -0.3 is 14.7 Å². The van der Waals surface area contributed by atoms with E-state index in [1.165, 1.54) is 18.2 Å². The number of hydrogen-bond donors (Lipinski definition) is 1. The van der Waals surface area contributed by atoms with E-state index in [-0.39, 0.29) is 23.8 Å². The van der Waals surface area contributed by atoms with Crippen molar-refractivity contribution in [2.45, 2.75) is 19.3 Å². The summed E-state index contributed by atoms with van der Waals surface area (Å²) < 4.78 is 4.93. The summed E-state index contributed by atoms with van der Waals surface area (Å²) in [4.78, 5) is 25.3. The standard InChI is InChI=1S/C14H16ClNO4/c15-10-4-5-11(12(17)8-10)14(19)20-9-13(18)16-6-2-1-3-7-16/h4-5,8,17H,1-3,6-7,9H2. The number of esters is 1. The van der Waals surface area contributed by atoms with Crippen LogP contribution in [0.1, 0.15) is 29.6 Å². The van der Waals surface area contributed by atoms with Crippen molar-refractivity contribution in [1.29, 1.82) is 0 Å². The lowest BCUT2D eigenvalue weighted by atomic mass is 10.1. The topological polar surface area (TPSA) is 66.8 Å². The molecule has 1 aromatic carbocycles. The number of aromatic hydroxyl groups is 1. The third kappa shape index (κ3) is 3.63. The fraction of sp³-hybridized carbons (Fsp3) is 0.429. The number of rotatable bonds is 3. The minimum absolute atomic E-state index is 0.000782. The van der Waals surface area contributed by atoms with Crippen molar-refractivity contribution in [3.63, 3.8) is 0 Å². The Hall–Kier alpha value is -1.75. The number of halogens is 1. The number of phenols is 1. The zero-order valence-corrected chi connectivity index (χ0v) is 11.7. The van der Waals surface area contributed by atoms with E-state index in [9.17, 15) is 14.7 Å². The van der Waals surface area contributed by atoms with Crippen molar-refractivity contribution in [2.24, 2.45) is 0 Å². The highest BCUT2D eigenvalue weighted by Crippen LogP contribution is 2.22. The Morgan fingerprint density at radius 2 is 1.95 bits per heavy atom. The number of hydrogen-bond acceptors (Lipinski definition) is 4. The van der Waals surface area contributed by atoms with Gasteiger partial charge in [-0.3, -0.25) is 4.79 Å². The zero-order chi connectivity index (χ0) is 14.5. The van der Waals surface area contributed by atoms with Gasteiger partial charge in [-0.2, -0.15) is 0 Å². The molecule has 1 saturated heterocycles. The quantitative estimate of drug-likeness (QED) is 0.869. The maximum Gasteiger partial charge on any atom is 0.342 e. The summed E-state index contributed by atoms with van der Waals surface area (Å²) in [5.74, 6) is -1.19. The van der Waals surface area contributed by atoms with Crippen LogP contribution in [0.2, 0.25) is 5.02 Å². The number of carbonyl (C=O) groups is 2. The van der Waals surface area contributed by atoms with Crippen LogP contribution in [-0.2, 0) is 9.53 Å².